The normalized spacial score (nSPS) is 28.1. The van der Waals surface area contributed by atoms with Crippen LogP contribution in [0.25, 0.3) is 0 Å². The van der Waals surface area contributed by atoms with Gasteiger partial charge in [-0.1, -0.05) is 11.6 Å². The fourth-order valence-electron chi connectivity index (χ4n) is 4.36. The molecule has 3 aliphatic rings. The van der Waals surface area contributed by atoms with Gasteiger partial charge in [0, 0.05) is 32.3 Å². The SMILES string of the molecule is Cn1cc(Nc2ncc(Cl)c(N[C@@H]3COC4C3OC[C@@H]4CS(=O)(=O)N3CCOCC3)n2)cn1. The van der Waals surface area contributed by atoms with E-state index in [1.807, 2.05) is 7.05 Å². The first-order valence-corrected chi connectivity index (χ1v) is 12.7. The molecule has 12 nitrogen and oxygen atoms in total. The number of nitrogens with zero attached hydrogens (tertiary/aromatic N) is 5. The van der Waals surface area contributed by atoms with Gasteiger partial charge in [-0.3, -0.25) is 4.68 Å². The molecule has 0 spiro atoms. The van der Waals surface area contributed by atoms with Gasteiger partial charge in [0.15, 0.2) is 5.82 Å². The molecule has 3 fully saturated rings. The molecule has 5 rings (SSSR count). The summed E-state index contributed by atoms with van der Waals surface area (Å²) in [5, 5.41) is 10.8. The molecule has 0 aromatic carbocycles. The second kappa shape index (κ2) is 9.31. The molecule has 3 aliphatic heterocycles. The number of sulfonamides is 1. The number of aromatic nitrogens is 4. The highest BCUT2D eigenvalue weighted by Gasteiger charge is 2.49. The first-order chi connectivity index (χ1) is 15.9. The van der Waals surface area contributed by atoms with Crippen LogP contribution in [0.1, 0.15) is 0 Å². The third kappa shape index (κ3) is 4.93. The highest BCUT2D eigenvalue weighted by atomic mass is 35.5. The van der Waals surface area contributed by atoms with Crippen molar-refractivity contribution in [1.29, 1.82) is 0 Å². The molecule has 0 aliphatic carbocycles. The van der Waals surface area contributed by atoms with E-state index in [0.29, 0.717) is 56.3 Å². The monoisotopic (exact) mass is 499 g/mol. The molecule has 0 bridgehead atoms. The van der Waals surface area contributed by atoms with Crippen LogP contribution in [0, 0.1) is 5.92 Å². The zero-order chi connectivity index (χ0) is 23.0. The highest BCUT2D eigenvalue weighted by molar-refractivity contribution is 7.89. The molecule has 2 N–H and O–H groups in total. The van der Waals surface area contributed by atoms with Crippen LogP contribution < -0.4 is 10.6 Å². The van der Waals surface area contributed by atoms with Crippen LogP contribution in [0.2, 0.25) is 5.02 Å². The third-order valence-electron chi connectivity index (χ3n) is 5.97. The van der Waals surface area contributed by atoms with E-state index in [9.17, 15) is 8.42 Å². The first kappa shape index (κ1) is 22.7. The predicted molar refractivity (Wildman–Crippen MR) is 120 cm³/mol. The summed E-state index contributed by atoms with van der Waals surface area (Å²) in [6.07, 6.45) is 4.37. The molecule has 180 valence electrons. The summed E-state index contributed by atoms with van der Waals surface area (Å²) in [7, 11) is -1.59. The van der Waals surface area contributed by atoms with E-state index in [0.717, 1.165) is 5.69 Å². The predicted octanol–water partition coefficient (Wildman–Crippen LogP) is 0.463. The minimum Gasteiger partial charge on any atom is -0.379 e. The van der Waals surface area contributed by atoms with E-state index < -0.39 is 10.0 Å². The van der Waals surface area contributed by atoms with Crippen LogP contribution in [0.5, 0.6) is 0 Å². The molecular formula is C19H26ClN7O5S. The first-order valence-electron chi connectivity index (χ1n) is 10.7. The van der Waals surface area contributed by atoms with E-state index in [1.54, 1.807) is 17.1 Å². The van der Waals surface area contributed by atoms with E-state index in [-0.39, 0.29) is 29.9 Å². The van der Waals surface area contributed by atoms with Gasteiger partial charge in [0.2, 0.25) is 16.0 Å². The Morgan fingerprint density at radius 1 is 1.18 bits per heavy atom. The topological polar surface area (TPSA) is 133 Å². The molecule has 5 heterocycles. The largest absolute Gasteiger partial charge is 0.379 e. The van der Waals surface area contributed by atoms with Crippen molar-refractivity contribution in [1.82, 2.24) is 24.1 Å². The van der Waals surface area contributed by atoms with Crippen LogP contribution in [0.3, 0.4) is 0 Å². The van der Waals surface area contributed by atoms with Crippen molar-refractivity contribution in [3.63, 3.8) is 0 Å². The molecule has 2 unspecified atom stereocenters. The lowest BCUT2D eigenvalue weighted by molar-refractivity contribution is 0.0641. The molecule has 2 aromatic rings. The van der Waals surface area contributed by atoms with Crippen LogP contribution in [0.15, 0.2) is 18.6 Å². The van der Waals surface area contributed by atoms with Gasteiger partial charge in [-0.05, 0) is 0 Å². The molecular weight excluding hydrogens is 474 g/mol. The van der Waals surface area contributed by atoms with Crippen LogP contribution >= 0.6 is 11.6 Å². The maximum atomic E-state index is 12.8. The van der Waals surface area contributed by atoms with Gasteiger partial charge in [0.25, 0.3) is 0 Å². The maximum absolute atomic E-state index is 12.8. The van der Waals surface area contributed by atoms with Crippen molar-refractivity contribution in [3.05, 3.63) is 23.6 Å². The Morgan fingerprint density at radius 3 is 2.73 bits per heavy atom. The fourth-order valence-corrected chi connectivity index (χ4v) is 6.25. The van der Waals surface area contributed by atoms with Crippen molar-refractivity contribution < 1.29 is 22.6 Å². The lowest BCUT2D eigenvalue weighted by Gasteiger charge is -2.27. The lowest BCUT2D eigenvalue weighted by atomic mass is 10.0. The van der Waals surface area contributed by atoms with Crippen LogP contribution in [-0.4, -0.2) is 96.0 Å². The Bertz CT molecular complexity index is 1090. The molecule has 0 amide bonds. The smallest absolute Gasteiger partial charge is 0.229 e. The fraction of sp³-hybridized carbons (Fsp3) is 0.632. The van der Waals surface area contributed by atoms with Gasteiger partial charge in [0.1, 0.15) is 11.1 Å². The summed E-state index contributed by atoms with van der Waals surface area (Å²) in [5.74, 6) is 0.569. The van der Waals surface area contributed by atoms with Crippen molar-refractivity contribution in [3.8, 4) is 0 Å². The van der Waals surface area contributed by atoms with E-state index in [1.165, 1.54) is 10.5 Å². The minimum atomic E-state index is -3.41. The summed E-state index contributed by atoms with van der Waals surface area (Å²) in [5.41, 5.74) is 0.749. The number of morpholine rings is 1. The third-order valence-corrected chi connectivity index (χ3v) is 8.25. The van der Waals surface area contributed by atoms with E-state index in [4.69, 9.17) is 25.8 Å². The summed E-state index contributed by atoms with van der Waals surface area (Å²) in [6, 6.07) is -0.218. The number of hydrogen-bond acceptors (Lipinski definition) is 10. The number of nitrogens with one attached hydrogen (secondary N) is 2. The van der Waals surface area contributed by atoms with Gasteiger partial charge < -0.3 is 24.8 Å². The quantitative estimate of drug-likeness (QED) is 0.553. The summed E-state index contributed by atoms with van der Waals surface area (Å²) in [4.78, 5) is 8.67. The lowest BCUT2D eigenvalue weighted by Crippen LogP contribution is -2.44. The average molecular weight is 500 g/mol. The van der Waals surface area contributed by atoms with Gasteiger partial charge in [-0.25, -0.2) is 13.4 Å². The van der Waals surface area contributed by atoms with Crippen molar-refractivity contribution in [2.75, 3.05) is 55.9 Å². The molecule has 2 aromatic heterocycles. The van der Waals surface area contributed by atoms with Crippen molar-refractivity contribution >= 4 is 39.1 Å². The molecule has 0 saturated carbocycles. The number of ether oxygens (including phenoxy) is 3. The zero-order valence-electron chi connectivity index (χ0n) is 18.1. The van der Waals surface area contributed by atoms with Gasteiger partial charge in [-0.2, -0.15) is 14.4 Å². The molecule has 3 saturated heterocycles. The van der Waals surface area contributed by atoms with Gasteiger partial charge >= 0.3 is 0 Å². The van der Waals surface area contributed by atoms with Crippen molar-refractivity contribution in [2.45, 2.75) is 18.2 Å². The summed E-state index contributed by atoms with van der Waals surface area (Å²) in [6.45, 7) is 2.30. The Morgan fingerprint density at radius 2 is 1.97 bits per heavy atom. The maximum Gasteiger partial charge on any atom is 0.229 e. The molecule has 14 heteroatoms. The number of fused-ring (bicyclic) bond motifs is 1. The average Bonchev–Trinajstić information content (AvgIpc) is 3.50. The number of aryl methyl sites for hydroxylation is 1. The number of anilines is 3. The second-order valence-corrected chi connectivity index (χ2v) is 10.7. The minimum absolute atomic E-state index is 0.00563. The van der Waals surface area contributed by atoms with Gasteiger partial charge in [0.05, 0.1) is 62.4 Å². The Labute approximate surface area is 196 Å². The second-order valence-electron chi connectivity index (χ2n) is 8.31. The van der Waals surface area contributed by atoms with Crippen LogP contribution in [-0.2, 0) is 31.3 Å². The van der Waals surface area contributed by atoms with E-state index >= 15 is 0 Å². The Balaban J connectivity index is 1.23. The summed E-state index contributed by atoms with van der Waals surface area (Å²) < 4.78 is 46.0. The summed E-state index contributed by atoms with van der Waals surface area (Å²) >= 11 is 6.32. The number of halogens is 1. The standard InChI is InChI=1S/C19H26ClN7O5S/c1-26-8-13(6-22-26)23-19-21-7-14(20)18(25-19)24-15-10-32-16-12(9-31-17(15)16)11-33(28,29)27-2-4-30-5-3-27/h6-8,12,15-17H,2-5,9-11H2,1H3,(H2,21,23,24,25)/t12-,15-,16?,17?/m1/s1. The number of rotatable bonds is 7. The van der Waals surface area contributed by atoms with E-state index in [2.05, 4.69) is 25.7 Å². The highest BCUT2D eigenvalue weighted by Crippen LogP contribution is 2.35. The molecule has 4 atom stereocenters. The van der Waals surface area contributed by atoms with Gasteiger partial charge in [-0.15, -0.1) is 0 Å². The zero-order valence-corrected chi connectivity index (χ0v) is 19.6. The Kier molecular flexibility index (Phi) is 6.42. The van der Waals surface area contributed by atoms with Crippen molar-refractivity contribution in [2.24, 2.45) is 13.0 Å². The Hall–Kier alpha value is -2.03. The molecule has 0 radical (unpaired) electrons. The molecule has 33 heavy (non-hydrogen) atoms. The number of hydrogen-bond donors (Lipinski definition) is 2. The van der Waals surface area contributed by atoms with Crippen LogP contribution in [0.4, 0.5) is 17.5 Å².